The molecule has 0 amide bonds. The number of anilines is 18. The lowest BCUT2D eigenvalue weighted by molar-refractivity contribution is 0.487. The summed E-state index contributed by atoms with van der Waals surface area (Å²) in [6.45, 7) is 8.27. The second-order valence-corrected chi connectivity index (χ2v) is 38.9. The Morgan fingerprint density at radius 1 is 0.204 bits per heavy atom. The summed E-state index contributed by atoms with van der Waals surface area (Å²) in [5, 5.41) is 5.45. The Balaban J connectivity index is 0.000000146. The van der Waals surface area contributed by atoms with Gasteiger partial charge in [-0.3, -0.25) is 0 Å². The summed E-state index contributed by atoms with van der Waals surface area (Å²) in [4.78, 5) is 14.2. The van der Waals surface area contributed by atoms with Crippen LogP contribution in [0.2, 0.25) is 10.0 Å². The molecule has 8 aliphatic rings. The molecular formula is C124H80B4Cl2N6O6. The number of hydrogen-bond donors (Lipinski definition) is 0. The molecule has 142 heavy (non-hydrogen) atoms. The Bertz CT molecular complexity index is 8530. The van der Waals surface area contributed by atoms with Gasteiger partial charge in [-0.1, -0.05) is 266 Å². The lowest BCUT2D eigenvalue weighted by Crippen LogP contribution is -2.59. The van der Waals surface area contributed by atoms with Gasteiger partial charge in [0.2, 0.25) is 0 Å². The van der Waals surface area contributed by atoms with Crippen LogP contribution in [0.1, 0.15) is 22.3 Å². The van der Waals surface area contributed by atoms with Crippen LogP contribution in [0.15, 0.2) is 421 Å². The Hall–Kier alpha value is -17.2. The summed E-state index contributed by atoms with van der Waals surface area (Å²) in [6, 6.07) is 147. The second kappa shape index (κ2) is 31.7. The Labute approximate surface area is 831 Å². The van der Waals surface area contributed by atoms with E-state index in [0.29, 0.717) is 10.0 Å². The molecule has 12 nitrogen and oxygen atoms in total. The van der Waals surface area contributed by atoms with E-state index in [4.69, 9.17) is 51.0 Å². The molecular weight excluding hydrogens is 1780 g/mol. The zero-order chi connectivity index (χ0) is 94.1. The maximum atomic E-state index is 7.37. The number of rotatable bonds is 10. The number of nitrogens with zero attached hydrogens (tertiary/aromatic N) is 6. The van der Waals surface area contributed by atoms with Gasteiger partial charge in [-0.25, -0.2) is 0 Å². The number of hydrogen-bond acceptors (Lipinski definition) is 12. The van der Waals surface area contributed by atoms with Crippen LogP contribution in [0.3, 0.4) is 0 Å². The maximum Gasteiger partial charge on any atom is 0.256 e. The monoisotopic (exact) mass is 1860 g/mol. The van der Waals surface area contributed by atoms with Crippen LogP contribution < -0.4 is 114 Å². The van der Waals surface area contributed by atoms with Crippen molar-refractivity contribution in [1.82, 2.24) is 0 Å². The lowest BCUT2D eigenvalue weighted by atomic mass is 9.34. The highest BCUT2D eigenvalue weighted by molar-refractivity contribution is 7.02. The van der Waals surface area contributed by atoms with Crippen molar-refractivity contribution >= 4 is 262 Å². The van der Waals surface area contributed by atoms with E-state index in [0.717, 1.165) is 236 Å². The summed E-state index contributed by atoms with van der Waals surface area (Å²) in [7, 11) is 0. The van der Waals surface area contributed by atoms with Gasteiger partial charge in [0.15, 0.2) is 0 Å². The largest absolute Gasteiger partial charge is 0.458 e. The number of ether oxygens (including phenoxy) is 4. The minimum atomic E-state index is -0.158. The first-order chi connectivity index (χ1) is 69.9. The zero-order valence-electron chi connectivity index (χ0n) is 77.5. The molecule has 0 aliphatic carbocycles. The van der Waals surface area contributed by atoms with Crippen LogP contribution in [0, 0.1) is 27.7 Å². The van der Waals surface area contributed by atoms with E-state index in [9.17, 15) is 0 Å². The van der Waals surface area contributed by atoms with Gasteiger partial charge in [0, 0.05) is 159 Å². The molecule has 0 fully saturated rings. The second-order valence-electron chi connectivity index (χ2n) is 38.1. The fraction of sp³-hybridized carbons (Fsp3) is 0.0323. The quantitative estimate of drug-likeness (QED) is 0.122. The number of furan rings is 2. The van der Waals surface area contributed by atoms with Crippen molar-refractivity contribution in [2.75, 3.05) is 29.4 Å². The van der Waals surface area contributed by atoms with E-state index in [-0.39, 0.29) is 26.9 Å². The lowest BCUT2D eigenvalue weighted by Gasteiger charge is -2.41. The molecule has 30 rings (SSSR count). The summed E-state index contributed by atoms with van der Waals surface area (Å²) in [5.74, 6) is 6.58. The van der Waals surface area contributed by atoms with Gasteiger partial charge < -0.3 is 57.2 Å². The van der Waals surface area contributed by atoms with Crippen molar-refractivity contribution < 1.29 is 27.8 Å². The standard InChI is InChI=1S/C76H54B2N4O3.C48H26B2Cl2N2O3/c1-47-23-11-17-33-61(47)81(62-34-18-12-24-48(62)2)53-39-67-75-73(41-53)83-69-37-21-15-31-57(69)77(75)59-43-55-56-44-60-66(46-72(56)85-71(55)45-65(59)79(67)51-27-7-5-8-28-51)80(52-29-9-6-10-30-52)68-40-54(42-74-76(68)78(60)58-32-16-22-38-70(58)84-74)82(63-35-19-13-25-49(63)3)64-36-20-14-26-50(64)4;51-27-19-39-47-45(21-27)55-41-17-9-7-15-33(41)49(47)35-23-31-32-24-36-38(26-44(32)57-43(31)25-37(35)53(39)29-11-3-1-4-12-29)54(30-13-5-2-6-14-30)40-20-28(52)22-46-48(40)50(36)34-16-8-10-18-42(34)56-46/h5-46H,1-4H3;1-26H. The summed E-state index contributed by atoms with van der Waals surface area (Å²) in [6.07, 6.45) is 0. The van der Waals surface area contributed by atoms with E-state index < -0.39 is 0 Å². The molecule has 18 heteroatoms. The molecule has 0 bridgehead atoms. The van der Waals surface area contributed by atoms with Crippen molar-refractivity contribution in [1.29, 1.82) is 0 Å². The van der Waals surface area contributed by atoms with Gasteiger partial charge in [0.25, 0.3) is 26.9 Å². The third-order valence-corrected chi connectivity index (χ3v) is 30.5. The van der Waals surface area contributed by atoms with Crippen LogP contribution in [-0.4, -0.2) is 26.9 Å². The molecule has 20 aromatic carbocycles. The highest BCUT2D eigenvalue weighted by Crippen LogP contribution is 2.54. The SMILES string of the molecule is Cc1ccccc1N(c1cc2c3c(c1)N(c1ccccc1)c1cc4oc5cc6c(cc5c4cc1B3c1ccccc1O2)B1c2ccccc2Oc2cc(N(c3ccccc3C)c3ccccc3C)cc(c21)N6c1ccccc1)c1ccccc1C.Clc1cc2c3c(c1)N(c1ccccc1)c1cc4oc5cc6c(cc5c4cc1B3c1ccccc1O2)B1c2ccccc2Oc2cc(Cl)cc(c21)N6c1ccccc1. The van der Waals surface area contributed by atoms with Gasteiger partial charge in [-0.2, -0.15) is 0 Å². The first-order valence-corrected chi connectivity index (χ1v) is 49.1. The highest BCUT2D eigenvalue weighted by Gasteiger charge is 2.50. The van der Waals surface area contributed by atoms with Crippen molar-refractivity contribution in [2.24, 2.45) is 0 Å². The number of fused-ring (bicyclic) bond motifs is 22. The van der Waals surface area contributed by atoms with Gasteiger partial charge in [0.1, 0.15) is 68.3 Å². The van der Waals surface area contributed by atoms with Crippen molar-refractivity contribution in [3.05, 3.63) is 445 Å². The minimum absolute atomic E-state index is 0.0886. The van der Waals surface area contributed by atoms with Gasteiger partial charge >= 0.3 is 0 Å². The maximum absolute atomic E-state index is 7.37. The molecule has 0 N–H and O–H groups in total. The van der Waals surface area contributed by atoms with Crippen molar-refractivity contribution in [2.45, 2.75) is 27.7 Å². The Morgan fingerprint density at radius 2 is 0.430 bits per heavy atom. The Kier molecular flexibility index (Phi) is 18.3. The minimum Gasteiger partial charge on any atom is -0.458 e. The fourth-order valence-electron chi connectivity index (χ4n) is 24.0. The highest BCUT2D eigenvalue weighted by atomic mass is 35.5. The van der Waals surface area contributed by atoms with Crippen LogP contribution in [0.4, 0.5) is 102 Å². The molecule has 2 aromatic heterocycles. The molecule has 0 radical (unpaired) electrons. The average Bonchev–Trinajstić information content (AvgIpc) is 1.27. The average molecular weight is 1860 g/mol. The smallest absolute Gasteiger partial charge is 0.256 e. The van der Waals surface area contributed by atoms with Gasteiger partial charge in [0.05, 0.1) is 11.4 Å². The number of aryl methyl sites for hydroxylation is 4. The van der Waals surface area contributed by atoms with Crippen LogP contribution in [0.5, 0.6) is 46.0 Å². The van der Waals surface area contributed by atoms with E-state index >= 15 is 0 Å². The number of halogens is 2. The molecule has 668 valence electrons. The van der Waals surface area contributed by atoms with Crippen molar-refractivity contribution in [3.63, 3.8) is 0 Å². The summed E-state index contributed by atoms with van der Waals surface area (Å²) < 4.78 is 41.9. The Morgan fingerprint density at radius 3 is 0.690 bits per heavy atom. The van der Waals surface area contributed by atoms with Crippen molar-refractivity contribution in [3.8, 4) is 46.0 Å². The molecule has 22 aromatic rings. The molecule has 0 saturated heterocycles. The predicted octanol–water partition coefficient (Wildman–Crippen LogP) is 26.3. The molecule has 0 unspecified atom stereocenters. The fourth-order valence-corrected chi connectivity index (χ4v) is 24.4. The van der Waals surface area contributed by atoms with E-state index in [2.05, 4.69) is 421 Å². The first kappa shape index (κ1) is 82.0. The zero-order valence-corrected chi connectivity index (χ0v) is 79.0. The predicted molar refractivity (Wildman–Crippen MR) is 589 cm³/mol. The molecule has 0 atom stereocenters. The third-order valence-electron chi connectivity index (χ3n) is 30.0. The number of benzene rings is 20. The molecule has 0 spiro atoms. The molecule has 8 aliphatic heterocycles. The molecule has 10 heterocycles. The van der Waals surface area contributed by atoms with E-state index in [1.807, 2.05) is 48.5 Å². The van der Waals surface area contributed by atoms with Gasteiger partial charge in [-0.05, 0) is 249 Å². The first-order valence-electron chi connectivity index (χ1n) is 48.3. The third kappa shape index (κ3) is 12.4. The van der Waals surface area contributed by atoms with Crippen LogP contribution >= 0.6 is 23.2 Å². The number of para-hydroxylation sites is 12. The van der Waals surface area contributed by atoms with E-state index in [1.54, 1.807) is 0 Å². The summed E-state index contributed by atoms with van der Waals surface area (Å²) in [5.41, 5.74) is 40.4. The normalized spacial score (nSPS) is 13.4. The van der Waals surface area contributed by atoms with Gasteiger partial charge in [-0.15, -0.1) is 0 Å². The van der Waals surface area contributed by atoms with E-state index in [1.165, 1.54) is 44.1 Å². The topological polar surface area (TPSA) is 82.6 Å². The van der Waals surface area contributed by atoms with Crippen LogP contribution in [0.25, 0.3) is 43.9 Å². The van der Waals surface area contributed by atoms with Crippen LogP contribution in [-0.2, 0) is 0 Å². The summed E-state index contributed by atoms with van der Waals surface area (Å²) >= 11 is 13.7. The molecule has 0 saturated carbocycles.